The van der Waals surface area contributed by atoms with Crippen LogP contribution in [0.3, 0.4) is 0 Å². The van der Waals surface area contributed by atoms with E-state index in [1.54, 1.807) is 30.3 Å². The Balaban J connectivity index is 1.30. The molecule has 9 heteroatoms. The number of rotatable bonds is 6. The molecule has 1 fully saturated rings. The van der Waals surface area contributed by atoms with Gasteiger partial charge in [-0.05, 0) is 36.8 Å². The van der Waals surface area contributed by atoms with Crippen molar-refractivity contribution in [2.45, 2.75) is 45.8 Å². The number of carbonyl (C=O) groups is 1. The fourth-order valence-corrected chi connectivity index (χ4v) is 4.18. The van der Waals surface area contributed by atoms with Crippen molar-refractivity contribution in [3.63, 3.8) is 0 Å². The molecule has 0 radical (unpaired) electrons. The number of hydrogen-bond acceptors (Lipinski definition) is 6. The maximum Gasteiger partial charge on any atom is 0.289 e. The van der Waals surface area contributed by atoms with Crippen molar-refractivity contribution in [3.8, 4) is 5.75 Å². The van der Waals surface area contributed by atoms with E-state index in [1.807, 2.05) is 11.1 Å². The van der Waals surface area contributed by atoms with E-state index in [1.165, 1.54) is 0 Å². The summed E-state index contributed by atoms with van der Waals surface area (Å²) in [7, 11) is 0. The topological polar surface area (TPSA) is 72.0 Å². The molecule has 3 aromatic rings. The van der Waals surface area contributed by atoms with Crippen LogP contribution in [0.4, 0.5) is 0 Å². The Labute approximate surface area is 209 Å². The van der Waals surface area contributed by atoms with Crippen molar-refractivity contribution in [2.24, 2.45) is 0 Å². The third-order valence-corrected chi connectivity index (χ3v) is 6.19. The smallest absolute Gasteiger partial charge is 0.289 e. The van der Waals surface area contributed by atoms with E-state index >= 15 is 0 Å². The van der Waals surface area contributed by atoms with Crippen LogP contribution < -0.4 is 4.74 Å². The molecule has 1 aliphatic rings. The fourth-order valence-electron chi connectivity index (χ4n) is 3.72. The highest BCUT2D eigenvalue weighted by molar-refractivity contribution is 6.35. The molecule has 7 nitrogen and oxygen atoms in total. The summed E-state index contributed by atoms with van der Waals surface area (Å²) in [5, 5.41) is 0.957. The second kappa shape index (κ2) is 10.4. The molecule has 1 aromatic carbocycles. The van der Waals surface area contributed by atoms with Crippen LogP contribution in [0.2, 0.25) is 10.0 Å². The van der Waals surface area contributed by atoms with Crippen molar-refractivity contribution in [1.82, 2.24) is 14.8 Å². The first-order chi connectivity index (χ1) is 16.2. The number of hydrogen-bond donors (Lipinski definition) is 0. The van der Waals surface area contributed by atoms with Gasteiger partial charge >= 0.3 is 0 Å². The van der Waals surface area contributed by atoms with Gasteiger partial charge in [-0.3, -0.25) is 9.69 Å². The molecule has 0 bridgehead atoms. The lowest BCUT2D eigenvalue weighted by molar-refractivity contribution is 0.0724. The molecule has 34 heavy (non-hydrogen) atoms. The lowest BCUT2D eigenvalue weighted by Crippen LogP contribution is -2.35. The Kier molecular flexibility index (Phi) is 7.55. The highest BCUT2D eigenvalue weighted by Crippen LogP contribution is 2.28. The normalized spacial score (nSPS) is 15.4. The largest absolute Gasteiger partial charge is 0.484 e. The average molecular weight is 506 g/mol. The Hall–Kier alpha value is -2.48. The number of nitrogens with zero attached hydrogens (tertiary/aromatic N) is 3. The van der Waals surface area contributed by atoms with Crippen molar-refractivity contribution in [2.75, 3.05) is 26.2 Å². The average Bonchev–Trinajstić information content (AvgIpc) is 3.38. The molecule has 1 saturated heterocycles. The predicted octanol–water partition coefficient (Wildman–Crippen LogP) is 5.80. The van der Waals surface area contributed by atoms with E-state index < -0.39 is 0 Å². The Bertz CT molecular complexity index is 1140. The summed E-state index contributed by atoms with van der Waals surface area (Å²) in [5.41, 5.74) is -0.0682. The molecule has 2 aromatic heterocycles. The summed E-state index contributed by atoms with van der Waals surface area (Å²) < 4.78 is 17.4. The standard InChI is InChI=1S/C25H29Cl2N3O4/c1-25(2,3)22-14-28-23(34-22)15-29-9-4-10-30(12-11-29)24(31)21-8-6-18(33-21)16-32-20-7-5-17(26)13-19(20)27/h5-8,13-14H,4,9-12,15-16H2,1-3H3. The number of halogens is 2. The van der Waals surface area contributed by atoms with Gasteiger partial charge in [0.15, 0.2) is 5.76 Å². The van der Waals surface area contributed by atoms with Crippen molar-refractivity contribution in [3.05, 3.63) is 69.7 Å². The zero-order valence-corrected chi connectivity index (χ0v) is 21.2. The van der Waals surface area contributed by atoms with Gasteiger partial charge in [-0.1, -0.05) is 44.0 Å². The quantitative estimate of drug-likeness (QED) is 0.421. The maximum atomic E-state index is 13.0. The number of amides is 1. The van der Waals surface area contributed by atoms with Crippen molar-refractivity contribution in [1.29, 1.82) is 0 Å². The first-order valence-corrected chi connectivity index (χ1v) is 12.1. The number of carbonyl (C=O) groups excluding carboxylic acids is 1. The molecule has 0 aliphatic carbocycles. The number of oxazole rings is 1. The molecule has 4 rings (SSSR count). The maximum absolute atomic E-state index is 13.0. The molecular weight excluding hydrogens is 477 g/mol. The van der Waals surface area contributed by atoms with Gasteiger partial charge < -0.3 is 18.5 Å². The van der Waals surface area contributed by atoms with Gasteiger partial charge in [0.1, 0.15) is 23.9 Å². The third kappa shape index (κ3) is 6.14. The number of aromatic nitrogens is 1. The zero-order valence-electron chi connectivity index (χ0n) is 19.6. The molecule has 3 heterocycles. The first kappa shape index (κ1) is 24.6. The molecule has 0 spiro atoms. The SMILES string of the molecule is CC(C)(C)c1cnc(CN2CCCN(C(=O)c3ccc(COc4ccc(Cl)cc4Cl)o3)CC2)o1. The highest BCUT2D eigenvalue weighted by atomic mass is 35.5. The molecule has 0 unspecified atom stereocenters. The summed E-state index contributed by atoms with van der Waals surface area (Å²) >= 11 is 12.1. The minimum Gasteiger partial charge on any atom is -0.484 e. The zero-order chi connectivity index (χ0) is 24.3. The lowest BCUT2D eigenvalue weighted by Gasteiger charge is -2.20. The molecule has 0 atom stereocenters. The summed E-state index contributed by atoms with van der Waals surface area (Å²) in [5.74, 6) is 2.82. The molecular formula is C25H29Cl2N3O4. The molecule has 1 amide bonds. The second-order valence-corrected chi connectivity index (χ2v) is 10.3. The van der Waals surface area contributed by atoms with E-state index in [4.69, 9.17) is 36.8 Å². The van der Waals surface area contributed by atoms with Gasteiger partial charge in [0.2, 0.25) is 5.89 Å². The Morgan fingerprint density at radius 2 is 1.91 bits per heavy atom. The first-order valence-electron chi connectivity index (χ1n) is 11.3. The number of furan rings is 1. The van der Waals surface area contributed by atoms with E-state index in [2.05, 4.69) is 30.7 Å². The Morgan fingerprint density at radius 1 is 1.09 bits per heavy atom. The van der Waals surface area contributed by atoms with Crippen LogP contribution in [0.1, 0.15) is 55.2 Å². The fraction of sp³-hybridized carbons (Fsp3) is 0.440. The highest BCUT2D eigenvalue weighted by Gasteiger charge is 2.24. The summed E-state index contributed by atoms with van der Waals surface area (Å²) in [6.45, 7) is 9.99. The molecule has 0 saturated carbocycles. The number of benzene rings is 1. The van der Waals surface area contributed by atoms with E-state index in [0.29, 0.717) is 52.8 Å². The molecule has 0 N–H and O–H groups in total. The minimum atomic E-state index is -0.122. The van der Waals surface area contributed by atoms with E-state index in [9.17, 15) is 4.79 Å². The van der Waals surface area contributed by atoms with Gasteiger partial charge in [-0.15, -0.1) is 0 Å². The lowest BCUT2D eigenvalue weighted by atomic mass is 9.94. The van der Waals surface area contributed by atoms with Gasteiger partial charge in [-0.2, -0.15) is 0 Å². The summed E-state index contributed by atoms with van der Waals surface area (Å²) in [6, 6.07) is 8.45. The van der Waals surface area contributed by atoms with Gasteiger partial charge in [0.25, 0.3) is 5.91 Å². The van der Waals surface area contributed by atoms with Crippen LogP contribution in [0.15, 0.2) is 45.4 Å². The van der Waals surface area contributed by atoms with Crippen LogP contribution in [0.5, 0.6) is 5.75 Å². The van der Waals surface area contributed by atoms with Crippen molar-refractivity contribution < 1.29 is 18.4 Å². The molecule has 182 valence electrons. The Morgan fingerprint density at radius 3 is 2.65 bits per heavy atom. The van der Waals surface area contributed by atoms with Crippen molar-refractivity contribution >= 4 is 29.1 Å². The van der Waals surface area contributed by atoms with E-state index in [0.717, 1.165) is 25.3 Å². The van der Waals surface area contributed by atoms with E-state index in [-0.39, 0.29) is 17.9 Å². The van der Waals surface area contributed by atoms with Crippen LogP contribution in [-0.4, -0.2) is 46.9 Å². The summed E-state index contributed by atoms with van der Waals surface area (Å²) in [4.78, 5) is 21.5. The van der Waals surface area contributed by atoms with Crippen LogP contribution in [0, 0.1) is 0 Å². The number of ether oxygens (including phenoxy) is 1. The van der Waals surface area contributed by atoms with Gasteiger partial charge in [0.05, 0.1) is 17.8 Å². The molecule has 1 aliphatic heterocycles. The predicted molar refractivity (Wildman–Crippen MR) is 131 cm³/mol. The second-order valence-electron chi connectivity index (χ2n) is 9.42. The van der Waals surface area contributed by atoms with Crippen LogP contribution >= 0.6 is 23.2 Å². The van der Waals surface area contributed by atoms with Crippen LogP contribution in [0.25, 0.3) is 0 Å². The van der Waals surface area contributed by atoms with Crippen LogP contribution in [-0.2, 0) is 18.6 Å². The van der Waals surface area contributed by atoms with Gasteiger partial charge in [-0.25, -0.2) is 4.98 Å². The van der Waals surface area contributed by atoms with Gasteiger partial charge in [0, 0.05) is 36.6 Å². The minimum absolute atomic E-state index is 0.0682. The monoisotopic (exact) mass is 505 g/mol. The third-order valence-electron chi connectivity index (χ3n) is 5.66. The summed E-state index contributed by atoms with van der Waals surface area (Å²) in [6.07, 6.45) is 2.67.